The van der Waals surface area contributed by atoms with E-state index in [9.17, 15) is 9.59 Å². The van der Waals surface area contributed by atoms with Crippen molar-refractivity contribution in [2.24, 2.45) is 0 Å². The highest BCUT2D eigenvalue weighted by molar-refractivity contribution is 8.16. The number of carbonyl (C=O) groups is 2. The van der Waals surface area contributed by atoms with Gasteiger partial charge in [-0.2, -0.15) is 0 Å². The maximum absolute atomic E-state index is 11.5. The first kappa shape index (κ1) is 9.58. The molecule has 2 amide bonds. The second-order valence-corrected chi connectivity index (χ2v) is 4.91. The topological polar surface area (TPSA) is 37.4 Å². The van der Waals surface area contributed by atoms with Gasteiger partial charge >= 0.3 is 0 Å². The normalized spacial score (nSPS) is 22.1. The first-order chi connectivity index (χ1) is 5.49. The van der Waals surface area contributed by atoms with Crippen molar-refractivity contribution in [2.45, 2.75) is 31.9 Å². The van der Waals surface area contributed by atoms with E-state index in [1.807, 2.05) is 6.92 Å². The maximum Gasteiger partial charge on any atom is 0.289 e. The molecule has 0 aromatic heterocycles. The predicted octanol–water partition coefficient (Wildman–Crippen LogP) is 1.87. The lowest BCUT2D eigenvalue weighted by Gasteiger charge is -2.14. The number of thioether (sulfide) groups is 1. The third kappa shape index (κ3) is 1.48. The second kappa shape index (κ2) is 3.09. The van der Waals surface area contributed by atoms with Gasteiger partial charge in [0.15, 0.2) is 0 Å². The van der Waals surface area contributed by atoms with Gasteiger partial charge in [0.25, 0.3) is 5.24 Å². The molecule has 0 aliphatic carbocycles. The fraction of sp³-hybridized carbons (Fsp3) is 0.750. The molecule has 0 spiro atoms. The summed E-state index contributed by atoms with van der Waals surface area (Å²) in [5.74, 6) is -0.0562. The molecule has 0 saturated carbocycles. The molecule has 0 unspecified atom stereocenters. The van der Waals surface area contributed by atoms with Crippen LogP contribution in [0.4, 0.5) is 4.79 Å². The van der Waals surface area contributed by atoms with Crippen LogP contribution in [0.5, 0.6) is 0 Å². The Kier molecular flexibility index (Phi) is 2.46. The van der Waals surface area contributed by atoms with E-state index in [-0.39, 0.29) is 11.1 Å². The molecule has 3 nitrogen and oxygen atoms in total. The Morgan fingerprint density at radius 2 is 2.00 bits per heavy atom. The quantitative estimate of drug-likeness (QED) is 0.662. The van der Waals surface area contributed by atoms with Crippen molar-refractivity contribution in [2.75, 3.05) is 6.54 Å². The van der Waals surface area contributed by atoms with Crippen molar-refractivity contribution in [1.29, 1.82) is 0 Å². The Bertz CT molecular complexity index is 225. The lowest BCUT2D eigenvalue weighted by molar-refractivity contribution is -0.128. The minimum Gasteiger partial charge on any atom is -0.273 e. The van der Waals surface area contributed by atoms with Crippen LogP contribution in [0.1, 0.15) is 27.2 Å². The van der Waals surface area contributed by atoms with Gasteiger partial charge in [-0.3, -0.25) is 14.5 Å². The minimum atomic E-state index is -0.549. The molecule has 0 radical (unpaired) electrons. The largest absolute Gasteiger partial charge is 0.289 e. The second-order valence-electron chi connectivity index (χ2n) is 3.34. The number of imide groups is 1. The van der Waals surface area contributed by atoms with Crippen molar-refractivity contribution in [1.82, 2.24) is 4.90 Å². The molecule has 0 N–H and O–H groups in total. The Labute approximate surface area is 76.5 Å². The van der Waals surface area contributed by atoms with Crippen LogP contribution in [0.2, 0.25) is 0 Å². The Hall–Kier alpha value is -0.510. The molecule has 1 saturated heterocycles. The number of carbonyl (C=O) groups excluding carboxylic acids is 2. The summed E-state index contributed by atoms with van der Waals surface area (Å²) in [5, 5.41) is -0.105. The molecule has 4 heteroatoms. The molecule has 1 rings (SSSR count). The summed E-state index contributed by atoms with van der Waals surface area (Å²) in [5.41, 5.74) is 0. The monoisotopic (exact) mass is 187 g/mol. The van der Waals surface area contributed by atoms with Gasteiger partial charge < -0.3 is 0 Å². The molecular weight excluding hydrogens is 174 g/mol. The van der Waals surface area contributed by atoms with Crippen molar-refractivity contribution in [3.05, 3.63) is 0 Å². The third-order valence-electron chi connectivity index (χ3n) is 1.77. The summed E-state index contributed by atoms with van der Waals surface area (Å²) < 4.78 is -0.549. The van der Waals surface area contributed by atoms with Crippen LogP contribution in [-0.2, 0) is 4.79 Å². The standard InChI is InChI=1S/C8H13NO2S/c1-4-5-9-6(10)8(2,3)12-7(9)11/h4-5H2,1-3H3. The van der Waals surface area contributed by atoms with Crippen molar-refractivity contribution >= 4 is 22.9 Å². The highest BCUT2D eigenvalue weighted by Gasteiger charge is 2.45. The summed E-state index contributed by atoms with van der Waals surface area (Å²) in [4.78, 5) is 24.1. The van der Waals surface area contributed by atoms with Gasteiger partial charge in [-0.05, 0) is 32.0 Å². The Balaban J connectivity index is 2.78. The summed E-state index contributed by atoms with van der Waals surface area (Å²) in [6, 6.07) is 0. The van der Waals surface area contributed by atoms with Crippen LogP contribution in [0.3, 0.4) is 0 Å². The highest BCUT2D eigenvalue weighted by Crippen LogP contribution is 2.36. The lowest BCUT2D eigenvalue weighted by atomic mass is 10.2. The number of hydrogen-bond donors (Lipinski definition) is 0. The zero-order valence-electron chi connectivity index (χ0n) is 7.59. The maximum atomic E-state index is 11.5. The summed E-state index contributed by atoms with van der Waals surface area (Å²) in [6.45, 7) is 6.08. The highest BCUT2D eigenvalue weighted by atomic mass is 32.2. The molecule has 1 heterocycles. The zero-order valence-corrected chi connectivity index (χ0v) is 8.40. The van der Waals surface area contributed by atoms with Gasteiger partial charge in [0, 0.05) is 6.54 Å². The molecule has 0 aromatic carbocycles. The Morgan fingerprint density at radius 1 is 1.42 bits per heavy atom. The first-order valence-electron chi connectivity index (χ1n) is 4.04. The zero-order chi connectivity index (χ0) is 9.35. The fourth-order valence-electron chi connectivity index (χ4n) is 1.14. The molecule has 68 valence electrons. The van der Waals surface area contributed by atoms with Crippen LogP contribution in [0.25, 0.3) is 0 Å². The van der Waals surface area contributed by atoms with E-state index >= 15 is 0 Å². The smallest absolute Gasteiger partial charge is 0.273 e. The van der Waals surface area contributed by atoms with E-state index in [0.717, 1.165) is 18.2 Å². The van der Waals surface area contributed by atoms with Gasteiger partial charge in [-0.15, -0.1) is 0 Å². The van der Waals surface area contributed by atoms with E-state index in [2.05, 4.69) is 0 Å². The van der Waals surface area contributed by atoms with E-state index < -0.39 is 4.75 Å². The molecular formula is C8H13NO2S. The number of hydrogen-bond acceptors (Lipinski definition) is 3. The molecule has 1 fully saturated rings. The van der Waals surface area contributed by atoms with Crippen LogP contribution in [0, 0.1) is 0 Å². The molecule has 1 aliphatic heterocycles. The number of rotatable bonds is 2. The van der Waals surface area contributed by atoms with E-state index in [4.69, 9.17) is 0 Å². The van der Waals surface area contributed by atoms with E-state index in [1.54, 1.807) is 13.8 Å². The van der Waals surface area contributed by atoms with Crippen LogP contribution < -0.4 is 0 Å². The average molecular weight is 187 g/mol. The summed E-state index contributed by atoms with van der Waals surface area (Å²) >= 11 is 1.12. The number of amides is 2. The lowest BCUT2D eigenvalue weighted by Crippen LogP contribution is -2.36. The molecule has 0 aromatic rings. The van der Waals surface area contributed by atoms with Crippen molar-refractivity contribution in [3.63, 3.8) is 0 Å². The fourth-order valence-corrected chi connectivity index (χ4v) is 2.06. The summed E-state index contributed by atoms with van der Waals surface area (Å²) in [7, 11) is 0. The molecule has 0 bridgehead atoms. The first-order valence-corrected chi connectivity index (χ1v) is 4.85. The van der Waals surface area contributed by atoms with E-state index in [1.165, 1.54) is 4.90 Å². The van der Waals surface area contributed by atoms with Gasteiger partial charge in [-0.1, -0.05) is 6.92 Å². The van der Waals surface area contributed by atoms with Gasteiger partial charge in [-0.25, -0.2) is 0 Å². The minimum absolute atomic E-state index is 0.0562. The number of nitrogens with zero attached hydrogens (tertiary/aromatic N) is 1. The van der Waals surface area contributed by atoms with Gasteiger partial charge in [0.1, 0.15) is 0 Å². The SMILES string of the molecule is CCCN1C(=O)SC(C)(C)C1=O. The van der Waals surface area contributed by atoms with Gasteiger partial charge in [0.2, 0.25) is 5.91 Å². The third-order valence-corrected chi connectivity index (χ3v) is 2.85. The van der Waals surface area contributed by atoms with Crippen LogP contribution >= 0.6 is 11.8 Å². The predicted molar refractivity (Wildman–Crippen MR) is 49.1 cm³/mol. The van der Waals surface area contributed by atoms with Crippen molar-refractivity contribution in [3.8, 4) is 0 Å². The molecule has 12 heavy (non-hydrogen) atoms. The van der Waals surface area contributed by atoms with Crippen molar-refractivity contribution < 1.29 is 9.59 Å². The van der Waals surface area contributed by atoms with Crippen LogP contribution in [0.15, 0.2) is 0 Å². The van der Waals surface area contributed by atoms with E-state index in [0.29, 0.717) is 6.54 Å². The van der Waals surface area contributed by atoms with Gasteiger partial charge in [0.05, 0.1) is 4.75 Å². The Morgan fingerprint density at radius 3 is 2.33 bits per heavy atom. The molecule has 1 aliphatic rings. The molecule has 0 atom stereocenters. The summed E-state index contributed by atoms with van der Waals surface area (Å²) in [6.07, 6.45) is 0.828. The van der Waals surface area contributed by atoms with Crippen LogP contribution in [-0.4, -0.2) is 27.3 Å². The average Bonchev–Trinajstić information content (AvgIpc) is 2.13.